The molecular weight excluding hydrogens is 298 g/mol. The molecule has 1 aromatic carbocycles. The number of nitro groups is 1. The number of nitro benzene ring substituents is 1. The van der Waals surface area contributed by atoms with Gasteiger partial charge in [-0.05, 0) is 26.3 Å². The van der Waals surface area contributed by atoms with Crippen LogP contribution in [-0.4, -0.2) is 31.6 Å². The topological polar surface area (TPSA) is 125 Å². The van der Waals surface area contributed by atoms with E-state index in [1.165, 1.54) is 0 Å². The fraction of sp³-hybridized carbons (Fsp3) is 0.500. The Bertz CT molecular complexity index is 675. The molecule has 0 spiro atoms. The first-order valence-electron chi connectivity index (χ1n) is 6.35. The van der Waals surface area contributed by atoms with Crippen molar-refractivity contribution in [2.45, 2.75) is 36.8 Å². The maximum Gasteiger partial charge on any atom is 0.271 e. The number of nitrogens with two attached hydrogens (primary N) is 1. The molecule has 1 aliphatic rings. The van der Waals surface area contributed by atoms with Crippen molar-refractivity contribution in [2.24, 2.45) is 0 Å². The molecule has 8 nitrogen and oxygen atoms in total. The molecule has 1 aliphatic heterocycles. The van der Waals surface area contributed by atoms with Crippen molar-refractivity contribution in [1.29, 1.82) is 0 Å². The van der Waals surface area contributed by atoms with Crippen LogP contribution in [0.4, 0.5) is 11.4 Å². The predicted molar refractivity (Wildman–Crippen MR) is 76.3 cm³/mol. The molecule has 21 heavy (non-hydrogen) atoms. The van der Waals surface area contributed by atoms with E-state index in [4.69, 9.17) is 10.5 Å². The molecule has 1 aromatic rings. The molecule has 0 bridgehead atoms. The Hall–Kier alpha value is -1.71. The van der Waals surface area contributed by atoms with Crippen molar-refractivity contribution in [3.63, 3.8) is 0 Å². The Balaban J connectivity index is 2.34. The number of nitrogen functional groups attached to an aromatic ring is 1. The Morgan fingerprint density at radius 3 is 2.67 bits per heavy atom. The van der Waals surface area contributed by atoms with E-state index in [0.717, 1.165) is 18.2 Å². The highest BCUT2D eigenvalue weighted by molar-refractivity contribution is 7.89. The molecular formula is C12H17N3O5S. The summed E-state index contributed by atoms with van der Waals surface area (Å²) >= 11 is 0. The fourth-order valence-electron chi connectivity index (χ4n) is 2.22. The number of anilines is 1. The van der Waals surface area contributed by atoms with Crippen molar-refractivity contribution in [2.75, 3.05) is 12.3 Å². The third kappa shape index (κ3) is 2.99. The molecule has 0 aromatic heterocycles. The van der Waals surface area contributed by atoms with Crippen molar-refractivity contribution in [1.82, 2.24) is 4.72 Å². The molecule has 0 amide bonds. The summed E-state index contributed by atoms with van der Waals surface area (Å²) in [7, 11) is -3.89. The number of non-ortho nitro benzene ring substituents is 1. The highest BCUT2D eigenvalue weighted by atomic mass is 32.2. The highest BCUT2D eigenvalue weighted by Gasteiger charge is 2.41. The van der Waals surface area contributed by atoms with Crippen LogP contribution in [-0.2, 0) is 14.8 Å². The minimum atomic E-state index is -3.89. The van der Waals surface area contributed by atoms with Crippen molar-refractivity contribution >= 4 is 21.4 Å². The van der Waals surface area contributed by atoms with Crippen LogP contribution < -0.4 is 10.5 Å². The number of benzene rings is 1. The zero-order valence-electron chi connectivity index (χ0n) is 11.7. The number of hydrogen-bond acceptors (Lipinski definition) is 6. The zero-order chi connectivity index (χ0) is 15.8. The van der Waals surface area contributed by atoms with E-state index < -0.39 is 20.5 Å². The summed E-state index contributed by atoms with van der Waals surface area (Å²) in [5.74, 6) is 0. The second-order valence-corrected chi connectivity index (χ2v) is 6.92. The van der Waals surface area contributed by atoms with Gasteiger partial charge in [0.15, 0.2) is 0 Å². The van der Waals surface area contributed by atoms with Gasteiger partial charge in [0.1, 0.15) is 4.90 Å². The van der Waals surface area contributed by atoms with Crippen molar-refractivity contribution in [3.05, 3.63) is 28.3 Å². The zero-order valence-corrected chi connectivity index (χ0v) is 12.5. The van der Waals surface area contributed by atoms with E-state index in [1.807, 2.05) is 0 Å². The molecule has 1 saturated heterocycles. The molecule has 1 heterocycles. The number of rotatable bonds is 4. The maximum atomic E-state index is 12.4. The Morgan fingerprint density at radius 1 is 1.52 bits per heavy atom. The molecule has 1 fully saturated rings. The second kappa shape index (κ2) is 5.24. The van der Waals surface area contributed by atoms with Gasteiger partial charge in [0.25, 0.3) is 5.69 Å². The van der Waals surface area contributed by atoms with Gasteiger partial charge in [0, 0.05) is 18.7 Å². The number of nitrogens with one attached hydrogen (secondary N) is 1. The summed E-state index contributed by atoms with van der Waals surface area (Å²) in [4.78, 5) is 9.85. The average Bonchev–Trinajstić information content (AvgIpc) is 2.67. The molecule has 2 rings (SSSR count). The third-order valence-electron chi connectivity index (χ3n) is 3.75. The van der Waals surface area contributed by atoms with E-state index >= 15 is 0 Å². The number of nitrogens with zero attached hydrogens (tertiary/aromatic N) is 1. The number of ether oxygens (including phenoxy) is 1. The lowest BCUT2D eigenvalue weighted by Gasteiger charge is -2.28. The lowest BCUT2D eigenvalue weighted by molar-refractivity contribution is -0.384. The predicted octanol–water partition coefficient (Wildman–Crippen LogP) is 1.02. The van der Waals surface area contributed by atoms with Crippen LogP contribution >= 0.6 is 0 Å². The monoisotopic (exact) mass is 315 g/mol. The van der Waals surface area contributed by atoms with Crippen molar-refractivity contribution < 1.29 is 18.1 Å². The van der Waals surface area contributed by atoms with E-state index in [2.05, 4.69) is 4.72 Å². The summed E-state index contributed by atoms with van der Waals surface area (Å²) in [5.41, 5.74) is 4.50. The first-order chi connectivity index (χ1) is 9.66. The molecule has 2 unspecified atom stereocenters. The minimum Gasteiger partial charge on any atom is -0.397 e. The van der Waals surface area contributed by atoms with Crippen LogP contribution in [0.3, 0.4) is 0 Å². The van der Waals surface area contributed by atoms with Gasteiger partial charge in [-0.3, -0.25) is 10.1 Å². The normalized spacial score (nSPS) is 25.9. The van der Waals surface area contributed by atoms with Gasteiger partial charge in [-0.25, -0.2) is 13.1 Å². The molecule has 9 heteroatoms. The third-order valence-corrected chi connectivity index (χ3v) is 5.43. The van der Waals surface area contributed by atoms with Gasteiger partial charge in [-0.2, -0.15) is 0 Å². The van der Waals surface area contributed by atoms with Crippen molar-refractivity contribution in [3.8, 4) is 0 Å². The Labute approximate surface area is 122 Å². The van der Waals surface area contributed by atoms with Gasteiger partial charge >= 0.3 is 0 Å². The summed E-state index contributed by atoms with van der Waals surface area (Å²) in [6.07, 6.45) is 0.270. The summed E-state index contributed by atoms with van der Waals surface area (Å²) in [6, 6.07) is 3.28. The lowest BCUT2D eigenvalue weighted by Crippen LogP contribution is -2.50. The van der Waals surface area contributed by atoms with E-state index in [-0.39, 0.29) is 22.4 Å². The largest absolute Gasteiger partial charge is 0.397 e. The molecule has 116 valence electrons. The first-order valence-corrected chi connectivity index (χ1v) is 7.83. The van der Waals surface area contributed by atoms with Gasteiger partial charge in [-0.15, -0.1) is 0 Å². The number of hydrogen-bond donors (Lipinski definition) is 2. The lowest BCUT2D eigenvalue weighted by atomic mass is 9.97. The van der Waals surface area contributed by atoms with Crippen LogP contribution in [0.2, 0.25) is 0 Å². The highest BCUT2D eigenvalue weighted by Crippen LogP contribution is 2.29. The van der Waals surface area contributed by atoms with Crippen LogP contribution in [0.5, 0.6) is 0 Å². The molecule has 3 N–H and O–H groups in total. The van der Waals surface area contributed by atoms with E-state index in [0.29, 0.717) is 13.0 Å². The fourth-order valence-corrected chi connectivity index (χ4v) is 3.83. The summed E-state index contributed by atoms with van der Waals surface area (Å²) in [5, 5.41) is 10.7. The SMILES string of the molecule is CC1OCCC1(C)NS(=O)(=O)c1ccc([N+](=O)[O-])cc1N. The average molecular weight is 315 g/mol. The van der Waals surface area contributed by atoms with E-state index in [9.17, 15) is 18.5 Å². The first kappa shape index (κ1) is 15.7. The van der Waals surface area contributed by atoms with Crippen LogP contribution in [0.25, 0.3) is 0 Å². The molecule has 2 atom stereocenters. The van der Waals surface area contributed by atoms with Gasteiger partial charge in [-0.1, -0.05) is 0 Å². The van der Waals surface area contributed by atoms with Crippen LogP contribution in [0.15, 0.2) is 23.1 Å². The minimum absolute atomic E-state index is 0.160. The number of sulfonamides is 1. The van der Waals surface area contributed by atoms with E-state index in [1.54, 1.807) is 13.8 Å². The standard InChI is InChI=1S/C12H17N3O5S/c1-8-12(2,5-6-20-8)14-21(18,19)11-4-3-9(15(16)17)7-10(11)13/h3-4,7-8,14H,5-6,13H2,1-2H3. The smallest absolute Gasteiger partial charge is 0.271 e. The van der Waals surface area contributed by atoms with Gasteiger partial charge in [0.05, 0.1) is 22.3 Å². The second-order valence-electron chi connectivity index (χ2n) is 5.27. The molecule has 0 radical (unpaired) electrons. The summed E-state index contributed by atoms with van der Waals surface area (Å²) in [6.45, 7) is 4.01. The summed E-state index contributed by atoms with van der Waals surface area (Å²) < 4.78 is 32.8. The molecule has 0 saturated carbocycles. The van der Waals surface area contributed by atoms with Crippen LogP contribution in [0.1, 0.15) is 20.3 Å². The van der Waals surface area contributed by atoms with Gasteiger partial charge in [0.2, 0.25) is 10.0 Å². The molecule has 0 aliphatic carbocycles. The van der Waals surface area contributed by atoms with Crippen LogP contribution in [0, 0.1) is 10.1 Å². The Morgan fingerprint density at radius 2 is 2.19 bits per heavy atom. The maximum absolute atomic E-state index is 12.4. The quantitative estimate of drug-likeness (QED) is 0.485. The van der Waals surface area contributed by atoms with Gasteiger partial charge < -0.3 is 10.5 Å². The Kier molecular flexibility index (Phi) is 3.91.